The van der Waals surface area contributed by atoms with E-state index >= 15 is 0 Å². The predicted octanol–water partition coefficient (Wildman–Crippen LogP) is 3.89. The number of alkyl halides is 6. The van der Waals surface area contributed by atoms with Gasteiger partial charge in [0.1, 0.15) is 11.5 Å². The van der Waals surface area contributed by atoms with Gasteiger partial charge in [-0.15, -0.1) is 0 Å². The first-order chi connectivity index (χ1) is 12.5. The fraction of sp³-hybridized carbons (Fsp3) is 0.533. The van der Waals surface area contributed by atoms with Crippen LogP contribution in [0.2, 0.25) is 0 Å². The fourth-order valence-corrected chi connectivity index (χ4v) is 1.95. The molecule has 0 saturated carbocycles. The zero-order valence-electron chi connectivity index (χ0n) is 14.2. The van der Waals surface area contributed by atoms with Crippen molar-refractivity contribution in [2.24, 2.45) is 0 Å². The fourth-order valence-electron chi connectivity index (χ4n) is 1.73. The second kappa shape index (κ2) is 10.4. The number of ether oxygens (including phenoxy) is 3. The Kier molecular flexibility index (Phi) is 8.89. The van der Waals surface area contributed by atoms with Gasteiger partial charge in [0.25, 0.3) is 0 Å². The standard InChI is InChI=1S/C15H18F6N2O3S/c1-24-4-2-3-22-13(27)23-10-5-11(25-8-14(16,17)18)7-12(6-10)26-9-15(19,20)21/h5-7H,2-4,8-9H2,1H3,(H2,22,23,27). The quantitative estimate of drug-likeness (QED) is 0.359. The summed E-state index contributed by atoms with van der Waals surface area (Å²) in [5.41, 5.74) is 0.107. The number of methoxy groups -OCH3 is 1. The SMILES string of the molecule is COCCCNC(=S)Nc1cc(OCC(F)(F)F)cc(OCC(F)(F)F)c1. The monoisotopic (exact) mass is 420 g/mol. The van der Waals surface area contributed by atoms with Crippen LogP contribution >= 0.6 is 12.2 Å². The molecule has 2 N–H and O–H groups in total. The summed E-state index contributed by atoms with van der Waals surface area (Å²) in [4.78, 5) is 0. The van der Waals surface area contributed by atoms with E-state index in [9.17, 15) is 26.3 Å². The molecular formula is C15H18F6N2O3S. The summed E-state index contributed by atoms with van der Waals surface area (Å²) in [7, 11) is 1.53. The minimum absolute atomic E-state index is 0.107. The highest BCUT2D eigenvalue weighted by molar-refractivity contribution is 7.80. The molecular weight excluding hydrogens is 402 g/mol. The third-order valence-electron chi connectivity index (χ3n) is 2.75. The first-order valence-electron chi connectivity index (χ1n) is 7.56. The summed E-state index contributed by atoms with van der Waals surface area (Å²) < 4.78 is 87.8. The molecule has 0 fully saturated rings. The normalized spacial score (nSPS) is 11.8. The predicted molar refractivity (Wildman–Crippen MR) is 90.3 cm³/mol. The van der Waals surface area contributed by atoms with E-state index in [4.69, 9.17) is 17.0 Å². The zero-order valence-corrected chi connectivity index (χ0v) is 15.0. The summed E-state index contributed by atoms with van der Waals surface area (Å²) in [5, 5.41) is 5.59. The number of benzene rings is 1. The van der Waals surface area contributed by atoms with Crippen molar-refractivity contribution in [1.82, 2.24) is 5.32 Å². The topological polar surface area (TPSA) is 51.8 Å². The highest BCUT2D eigenvalue weighted by atomic mass is 32.1. The Morgan fingerprint density at radius 1 is 0.963 bits per heavy atom. The van der Waals surface area contributed by atoms with E-state index in [1.165, 1.54) is 7.11 Å². The van der Waals surface area contributed by atoms with Crippen molar-refractivity contribution < 1.29 is 40.6 Å². The molecule has 154 valence electrons. The van der Waals surface area contributed by atoms with Gasteiger partial charge in [0.2, 0.25) is 0 Å². The average Bonchev–Trinajstić information content (AvgIpc) is 2.54. The van der Waals surface area contributed by atoms with Gasteiger partial charge in [-0.1, -0.05) is 0 Å². The van der Waals surface area contributed by atoms with Gasteiger partial charge in [-0.2, -0.15) is 26.3 Å². The number of hydrogen-bond donors (Lipinski definition) is 2. The summed E-state index contributed by atoms with van der Waals surface area (Å²) >= 11 is 5.02. The molecule has 0 spiro atoms. The lowest BCUT2D eigenvalue weighted by Crippen LogP contribution is -2.29. The lowest BCUT2D eigenvalue weighted by molar-refractivity contribution is -0.153. The van der Waals surface area contributed by atoms with Crippen LogP contribution in [0, 0.1) is 0 Å². The van der Waals surface area contributed by atoms with Crippen molar-refractivity contribution in [2.45, 2.75) is 18.8 Å². The zero-order chi connectivity index (χ0) is 20.5. The number of nitrogens with one attached hydrogen (secondary N) is 2. The molecule has 0 aliphatic carbocycles. The number of hydrogen-bond acceptors (Lipinski definition) is 4. The Morgan fingerprint density at radius 3 is 1.93 bits per heavy atom. The second-order valence-corrected chi connectivity index (χ2v) is 5.64. The maximum absolute atomic E-state index is 12.3. The van der Waals surface area contributed by atoms with E-state index in [1.54, 1.807) is 0 Å². The minimum atomic E-state index is -4.60. The molecule has 0 aromatic heterocycles. The molecule has 1 aromatic rings. The summed E-state index contributed by atoms with van der Waals surface area (Å²) in [5.74, 6) is -0.645. The molecule has 0 radical (unpaired) electrons. The number of rotatable bonds is 9. The lowest BCUT2D eigenvalue weighted by atomic mass is 10.2. The molecule has 5 nitrogen and oxygen atoms in total. The van der Waals surface area contributed by atoms with E-state index in [-0.39, 0.29) is 22.3 Å². The second-order valence-electron chi connectivity index (χ2n) is 5.23. The Bertz CT molecular complexity index is 574. The lowest BCUT2D eigenvalue weighted by Gasteiger charge is -2.16. The van der Waals surface area contributed by atoms with Crippen LogP contribution in [0.25, 0.3) is 0 Å². The van der Waals surface area contributed by atoms with Gasteiger partial charge in [0, 0.05) is 44.1 Å². The summed E-state index contributed by atoms with van der Waals surface area (Å²) in [6.07, 6.45) is -8.56. The third kappa shape index (κ3) is 11.4. The van der Waals surface area contributed by atoms with Crippen LogP contribution in [0.3, 0.4) is 0 Å². The van der Waals surface area contributed by atoms with Gasteiger partial charge in [0.05, 0.1) is 0 Å². The van der Waals surface area contributed by atoms with Crippen LogP contribution in [0.15, 0.2) is 18.2 Å². The van der Waals surface area contributed by atoms with Gasteiger partial charge < -0.3 is 24.8 Å². The highest BCUT2D eigenvalue weighted by Gasteiger charge is 2.30. The maximum Gasteiger partial charge on any atom is 0.422 e. The van der Waals surface area contributed by atoms with Crippen molar-refractivity contribution in [3.63, 3.8) is 0 Å². The van der Waals surface area contributed by atoms with Crippen molar-refractivity contribution in [3.05, 3.63) is 18.2 Å². The third-order valence-corrected chi connectivity index (χ3v) is 3.00. The molecule has 1 rings (SSSR count). The molecule has 27 heavy (non-hydrogen) atoms. The van der Waals surface area contributed by atoms with Gasteiger partial charge in [-0.25, -0.2) is 0 Å². The van der Waals surface area contributed by atoms with Crippen LogP contribution in [0.1, 0.15) is 6.42 Å². The smallest absolute Gasteiger partial charge is 0.422 e. The maximum atomic E-state index is 12.3. The Balaban J connectivity index is 2.81. The molecule has 0 bridgehead atoms. The van der Waals surface area contributed by atoms with Gasteiger partial charge in [-0.3, -0.25) is 0 Å². The van der Waals surface area contributed by atoms with Crippen LogP contribution in [0.5, 0.6) is 11.5 Å². The summed E-state index contributed by atoms with van der Waals surface area (Å²) in [6.45, 7) is -2.25. The molecule has 0 aliphatic heterocycles. The first-order valence-corrected chi connectivity index (χ1v) is 7.97. The van der Waals surface area contributed by atoms with Crippen molar-refractivity contribution in [1.29, 1.82) is 0 Å². The molecule has 1 aromatic carbocycles. The molecule has 0 atom stereocenters. The molecule has 0 amide bonds. The first kappa shape index (κ1) is 23.1. The largest absolute Gasteiger partial charge is 0.484 e. The van der Waals surface area contributed by atoms with Crippen LogP contribution < -0.4 is 20.1 Å². The van der Waals surface area contributed by atoms with Gasteiger partial charge in [-0.05, 0) is 18.6 Å². The van der Waals surface area contributed by atoms with Crippen molar-refractivity contribution in [3.8, 4) is 11.5 Å². The highest BCUT2D eigenvalue weighted by Crippen LogP contribution is 2.29. The Morgan fingerprint density at radius 2 is 1.48 bits per heavy atom. The van der Waals surface area contributed by atoms with E-state index in [0.29, 0.717) is 19.6 Å². The van der Waals surface area contributed by atoms with Crippen molar-refractivity contribution >= 4 is 23.0 Å². The number of halogens is 6. The van der Waals surface area contributed by atoms with Crippen LogP contribution in [-0.4, -0.2) is 50.9 Å². The Hall–Kier alpha value is -1.95. The van der Waals surface area contributed by atoms with Crippen molar-refractivity contribution in [2.75, 3.05) is 38.8 Å². The van der Waals surface area contributed by atoms with E-state index in [0.717, 1.165) is 18.2 Å². The van der Waals surface area contributed by atoms with Gasteiger partial charge >= 0.3 is 12.4 Å². The van der Waals surface area contributed by atoms with Crippen LogP contribution in [0.4, 0.5) is 32.0 Å². The Labute approximate surface area is 157 Å². The van der Waals surface area contributed by atoms with E-state index < -0.39 is 25.6 Å². The number of thiocarbonyl (C=S) groups is 1. The van der Waals surface area contributed by atoms with Gasteiger partial charge in [0.15, 0.2) is 18.3 Å². The average molecular weight is 420 g/mol. The van der Waals surface area contributed by atoms with E-state index in [1.807, 2.05) is 0 Å². The number of anilines is 1. The molecule has 0 saturated heterocycles. The minimum Gasteiger partial charge on any atom is -0.484 e. The van der Waals surface area contributed by atoms with Crippen LogP contribution in [-0.2, 0) is 4.74 Å². The molecule has 12 heteroatoms. The van der Waals surface area contributed by atoms with E-state index in [2.05, 4.69) is 20.1 Å². The molecule has 0 heterocycles. The molecule has 0 unspecified atom stereocenters. The molecule has 0 aliphatic rings. The summed E-state index contributed by atoms with van der Waals surface area (Å²) in [6, 6.07) is 3.25.